The molecule has 0 atom stereocenters. The third kappa shape index (κ3) is 4.26. The Morgan fingerprint density at radius 3 is 2.08 bits per heavy atom. The number of urea groups is 1. The zero-order valence-corrected chi connectivity index (χ0v) is 7.07. The van der Waals surface area contributed by atoms with Gasteiger partial charge in [0.2, 0.25) is 0 Å². The number of hydrogen-bond donors (Lipinski definition) is 2. The van der Waals surface area contributed by atoms with Gasteiger partial charge in [-0.25, -0.2) is 4.79 Å². The van der Waals surface area contributed by atoms with E-state index >= 15 is 0 Å². The van der Waals surface area contributed by atoms with Crippen LogP contribution in [0.5, 0.6) is 0 Å². The molecule has 4 N–H and O–H groups in total. The van der Waals surface area contributed by atoms with Gasteiger partial charge in [-0.2, -0.15) is 4.99 Å². The molecule has 0 radical (unpaired) electrons. The van der Waals surface area contributed by atoms with E-state index in [-0.39, 0.29) is 5.91 Å². The van der Waals surface area contributed by atoms with Crippen LogP contribution in [0.4, 0.5) is 4.79 Å². The van der Waals surface area contributed by atoms with Crippen LogP contribution < -0.4 is 11.5 Å². The molecule has 1 rings (SSSR count). The second-order valence-electron chi connectivity index (χ2n) is 2.31. The van der Waals surface area contributed by atoms with Crippen molar-refractivity contribution in [3.05, 3.63) is 0 Å². The highest BCUT2D eigenvalue weighted by atomic mass is 16.2. The van der Waals surface area contributed by atoms with E-state index in [2.05, 4.69) is 16.5 Å². The van der Waals surface area contributed by atoms with Crippen LogP contribution in [0.1, 0.15) is 6.92 Å². The van der Waals surface area contributed by atoms with Crippen molar-refractivity contribution in [3.63, 3.8) is 0 Å². The predicted molar refractivity (Wildman–Crippen MR) is 44.5 cm³/mol. The molecule has 6 heteroatoms. The van der Waals surface area contributed by atoms with Crippen molar-refractivity contribution in [1.82, 2.24) is 4.90 Å². The quantitative estimate of drug-likeness (QED) is 0.484. The number of carbonyl (C=O) groups is 2. The summed E-state index contributed by atoms with van der Waals surface area (Å²) in [6.45, 7) is 2.27. The van der Waals surface area contributed by atoms with E-state index in [0.717, 1.165) is 5.84 Å². The fourth-order valence-corrected chi connectivity index (χ4v) is 0.618. The topological polar surface area (TPSA) is 102 Å². The van der Waals surface area contributed by atoms with E-state index in [9.17, 15) is 4.79 Å². The Kier molecular flexibility index (Phi) is 3.75. The number of primary amides is 2. The molecule has 68 valence electrons. The molecule has 6 nitrogen and oxygen atoms in total. The molecule has 0 aromatic carbocycles. The van der Waals surface area contributed by atoms with Gasteiger partial charge in [0.25, 0.3) is 5.91 Å². The lowest BCUT2D eigenvalue weighted by molar-refractivity contribution is -0.116. The Labute approximate surface area is 70.2 Å². The maximum absolute atomic E-state index is 10.4. The Hall–Kier alpha value is -1.59. The zero-order chi connectivity index (χ0) is 9.72. The lowest BCUT2D eigenvalue weighted by atomic mass is 10.6. The van der Waals surface area contributed by atoms with E-state index in [4.69, 9.17) is 4.79 Å². The summed E-state index contributed by atoms with van der Waals surface area (Å²) in [6, 6.07) is -0.833. The molecule has 3 amide bonds. The maximum atomic E-state index is 10.4. The van der Waals surface area contributed by atoms with Crippen LogP contribution in [0.15, 0.2) is 4.99 Å². The van der Waals surface area contributed by atoms with Gasteiger partial charge in [0.15, 0.2) is 0 Å². The zero-order valence-electron chi connectivity index (χ0n) is 7.07. The summed E-state index contributed by atoms with van der Waals surface area (Å²) in [7, 11) is 1.85. The molecule has 0 aromatic rings. The summed E-state index contributed by atoms with van der Waals surface area (Å²) >= 11 is 0. The molecule has 1 aliphatic heterocycles. The predicted octanol–water partition coefficient (Wildman–Crippen LogP) is -1.10. The van der Waals surface area contributed by atoms with Gasteiger partial charge < -0.3 is 16.4 Å². The van der Waals surface area contributed by atoms with Crippen LogP contribution in [0.25, 0.3) is 0 Å². The van der Waals surface area contributed by atoms with Crippen molar-refractivity contribution >= 4 is 17.8 Å². The Balaban J connectivity index is 0.000000261. The second kappa shape index (κ2) is 4.32. The normalized spacial score (nSPS) is 15.0. The van der Waals surface area contributed by atoms with Crippen molar-refractivity contribution in [2.24, 2.45) is 16.5 Å². The van der Waals surface area contributed by atoms with Gasteiger partial charge in [-0.3, -0.25) is 4.79 Å². The van der Waals surface area contributed by atoms with Crippen LogP contribution in [-0.2, 0) is 4.79 Å². The first-order valence-electron chi connectivity index (χ1n) is 3.27. The average molecular weight is 172 g/mol. The number of likely N-dealkylation sites (N-methyl/N-ethyl adjacent to an activating group) is 1. The minimum atomic E-state index is -0.833. The molecule has 1 heterocycles. The summed E-state index contributed by atoms with van der Waals surface area (Å²) < 4.78 is 0. The Morgan fingerprint density at radius 2 is 2.00 bits per heavy atom. The highest BCUT2D eigenvalue weighted by Crippen LogP contribution is 1.96. The highest BCUT2D eigenvalue weighted by Gasteiger charge is 2.13. The smallest absolute Gasteiger partial charge is 0.309 e. The Bertz CT molecular complexity index is 220. The average Bonchev–Trinajstić information content (AvgIpc) is 2.08. The van der Waals surface area contributed by atoms with Crippen LogP contribution in [0.3, 0.4) is 0 Å². The molecular formula is C6H12N4O2. The van der Waals surface area contributed by atoms with Gasteiger partial charge in [-0.15, -0.1) is 0 Å². The first kappa shape index (κ1) is 10.4. The van der Waals surface area contributed by atoms with Crippen LogP contribution in [0, 0.1) is 0 Å². The molecule has 0 spiro atoms. The van der Waals surface area contributed by atoms with E-state index in [1.165, 1.54) is 0 Å². The number of hydrogen-bond acceptors (Lipinski definition) is 3. The summed E-state index contributed by atoms with van der Waals surface area (Å²) in [6.07, 6.45) is 0. The van der Waals surface area contributed by atoms with Crippen molar-refractivity contribution in [2.75, 3.05) is 13.6 Å². The van der Waals surface area contributed by atoms with Crippen LogP contribution in [0.2, 0.25) is 0 Å². The molecule has 12 heavy (non-hydrogen) atoms. The molecule has 0 bridgehead atoms. The standard InChI is InChI=1S/C5H8N2O.CH4N2O/c1-4-6-5(8)3-7(4)2;2-1(3)4/h3H2,1-2H3;(H4,2,3,4). The van der Waals surface area contributed by atoms with E-state index < -0.39 is 6.03 Å². The summed E-state index contributed by atoms with van der Waals surface area (Å²) in [4.78, 5) is 24.9. The van der Waals surface area contributed by atoms with Gasteiger partial charge in [0, 0.05) is 7.05 Å². The van der Waals surface area contributed by atoms with E-state index in [0.29, 0.717) is 6.54 Å². The Morgan fingerprint density at radius 1 is 1.58 bits per heavy atom. The monoisotopic (exact) mass is 172 g/mol. The minimum Gasteiger partial charge on any atom is -0.354 e. The second-order valence-corrected chi connectivity index (χ2v) is 2.31. The number of rotatable bonds is 0. The molecule has 0 aliphatic carbocycles. The van der Waals surface area contributed by atoms with Crippen molar-refractivity contribution in [3.8, 4) is 0 Å². The first-order valence-corrected chi connectivity index (χ1v) is 3.27. The van der Waals surface area contributed by atoms with Gasteiger partial charge in [-0.1, -0.05) is 0 Å². The van der Waals surface area contributed by atoms with Crippen molar-refractivity contribution in [2.45, 2.75) is 6.92 Å². The molecule has 0 unspecified atom stereocenters. The molecule has 0 aromatic heterocycles. The third-order valence-corrected chi connectivity index (χ3v) is 1.21. The molecule has 0 fully saturated rings. The first-order chi connectivity index (χ1) is 5.43. The number of nitrogens with two attached hydrogens (primary N) is 2. The number of carbonyl (C=O) groups excluding carboxylic acids is 2. The van der Waals surface area contributed by atoms with Crippen LogP contribution in [-0.4, -0.2) is 36.3 Å². The third-order valence-electron chi connectivity index (χ3n) is 1.21. The lowest BCUT2D eigenvalue weighted by Crippen LogP contribution is -2.20. The van der Waals surface area contributed by atoms with Crippen molar-refractivity contribution < 1.29 is 9.59 Å². The van der Waals surface area contributed by atoms with Crippen molar-refractivity contribution in [1.29, 1.82) is 0 Å². The fourth-order valence-electron chi connectivity index (χ4n) is 0.618. The maximum Gasteiger partial charge on any atom is 0.309 e. The minimum absolute atomic E-state index is 0.0370. The highest BCUT2D eigenvalue weighted by molar-refractivity contribution is 6.00. The molecule has 0 saturated heterocycles. The molecular weight excluding hydrogens is 160 g/mol. The van der Waals surface area contributed by atoms with E-state index in [1.54, 1.807) is 0 Å². The van der Waals surface area contributed by atoms with Gasteiger partial charge in [0.1, 0.15) is 5.84 Å². The summed E-state index contributed by atoms with van der Waals surface area (Å²) in [5, 5.41) is 0. The van der Waals surface area contributed by atoms with Gasteiger partial charge in [-0.05, 0) is 6.92 Å². The van der Waals surface area contributed by atoms with Gasteiger partial charge in [0.05, 0.1) is 6.54 Å². The largest absolute Gasteiger partial charge is 0.354 e. The number of aliphatic imine (C=N–C) groups is 1. The SMILES string of the molecule is CC1=NC(=O)CN1C.NC(N)=O. The fraction of sp³-hybridized carbons (Fsp3) is 0.500. The van der Waals surface area contributed by atoms with E-state index in [1.807, 2.05) is 18.9 Å². The number of amides is 3. The number of amidine groups is 1. The summed E-state index contributed by atoms with van der Waals surface area (Å²) in [5.41, 5.74) is 8.50. The summed E-state index contributed by atoms with van der Waals surface area (Å²) in [5.74, 6) is 0.778. The number of nitrogens with zero attached hydrogens (tertiary/aromatic N) is 2. The lowest BCUT2D eigenvalue weighted by Gasteiger charge is -2.05. The molecule has 1 aliphatic rings. The van der Waals surface area contributed by atoms with Crippen LogP contribution >= 0.6 is 0 Å². The molecule has 0 saturated carbocycles. The van der Waals surface area contributed by atoms with Gasteiger partial charge >= 0.3 is 6.03 Å².